The molecule has 0 atom stereocenters. The van der Waals surface area contributed by atoms with Gasteiger partial charge in [0.05, 0.1) is 12.8 Å². The molecule has 3 rings (SSSR count). The summed E-state index contributed by atoms with van der Waals surface area (Å²) in [6.07, 6.45) is 3.10. The molecule has 2 amide bonds. The lowest BCUT2D eigenvalue weighted by Gasteiger charge is -2.29. The van der Waals surface area contributed by atoms with Crippen molar-refractivity contribution in [1.29, 1.82) is 0 Å². The van der Waals surface area contributed by atoms with E-state index in [4.69, 9.17) is 17.0 Å². The Balaban J connectivity index is 2.01. The maximum Gasteiger partial charge on any atom is 0.270 e. The highest BCUT2D eigenvalue weighted by Crippen LogP contribution is 2.31. The van der Waals surface area contributed by atoms with Gasteiger partial charge < -0.3 is 4.74 Å². The van der Waals surface area contributed by atoms with Crippen molar-refractivity contribution in [2.75, 3.05) is 11.5 Å². The molecule has 0 bridgehead atoms. The van der Waals surface area contributed by atoms with E-state index in [1.54, 1.807) is 24.3 Å². The standard InChI is InChI=1S/C20H13FI2N2O3S/c1-2-7-28-17-14(22)9-11(10-15(17)23)8-12-18(26)24-20(29)25(19(12)27)16-6-4-3-5-13(16)21/h2-6,8-10H,1,7H2,(H,24,26,29)/b12-8-. The van der Waals surface area contributed by atoms with Crippen LogP contribution in [-0.4, -0.2) is 23.5 Å². The van der Waals surface area contributed by atoms with Gasteiger partial charge in [0.1, 0.15) is 23.7 Å². The van der Waals surface area contributed by atoms with E-state index >= 15 is 0 Å². The third kappa shape index (κ3) is 4.67. The molecule has 0 unspecified atom stereocenters. The maximum atomic E-state index is 14.2. The second-order valence-corrected chi connectivity index (χ2v) is 8.53. The van der Waals surface area contributed by atoms with Crippen LogP contribution in [0.5, 0.6) is 5.75 Å². The van der Waals surface area contributed by atoms with Gasteiger partial charge in [-0.05, 0) is 93.3 Å². The molecule has 2 aromatic rings. The van der Waals surface area contributed by atoms with Gasteiger partial charge in [0, 0.05) is 0 Å². The summed E-state index contributed by atoms with van der Waals surface area (Å²) in [7, 11) is 0. The van der Waals surface area contributed by atoms with Gasteiger partial charge in [-0.25, -0.2) is 9.29 Å². The third-order valence-corrected chi connectivity index (χ3v) is 5.76. The van der Waals surface area contributed by atoms with Crippen molar-refractivity contribution in [3.63, 3.8) is 0 Å². The van der Waals surface area contributed by atoms with Crippen LogP contribution in [0.15, 0.2) is 54.6 Å². The van der Waals surface area contributed by atoms with Crippen LogP contribution in [0, 0.1) is 13.0 Å². The van der Waals surface area contributed by atoms with Crippen molar-refractivity contribution in [1.82, 2.24) is 5.32 Å². The molecule has 9 heteroatoms. The van der Waals surface area contributed by atoms with E-state index in [1.807, 2.05) is 0 Å². The first-order valence-electron chi connectivity index (χ1n) is 8.22. The van der Waals surface area contributed by atoms with Crippen LogP contribution in [0.2, 0.25) is 0 Å². The molecule has 29 heavy (non-hydrogen) atoms. The van der Waals surface area contributed by atoms with Gasteiger partial charge in [0.15, 0.2) is 5.11 Å². The first-order valence-corrected chi connectivity index (χ1v) is 10.8. The number of para-hydroxylation sites is 1. The summed E-state index contributed by atoms with van der Waals surface area (Å²) in [5, 5.41) is 2.28. The van der Waals surface area contributed by atoms with Crippen molar-refractivity contribution in [2.45, 2.75) is 0 Å². The molecule has 0 saturated carbocycles. The minimum absolute atomic E-state index is 0.0225. The Morgan fingerprint density at radius 2 is 1.86 bits per heavy atom. The number of hydrogen-bond donors (Lipinski definition) is 1. The summed E-state index contributed by atoms with van der Waals surface area (Å²) in [6.45, 7) is 3.99. The number of thiocarbonyl (C=S) groups is 1. The molecule has 5 nitrogen and oxygen atoms in total. The number of anilines is 1. The average Bonchev–Trinajstić information content (AvgIpc) is 2.66. The summed E-state index contributed by atoms with van der Waals surface area (Å²) < 4.78 is 21.5. The molecule has 2 aromatic carbocycles. The number of halogens is 3. The van der Waals surface area contributed by atoms with Crippen LogP contribution in [0.4, 0.5) is 10.1 Å². The van der Waals surface area contributed by atoms with Gasteiger partial charge in [-0.1, -0.05) is 24.8 Å². The highest BCUT2D eigenvalue weighted by molar-refractivity contribution is 14.1. The zero-order chi connectivity index (χ0) is 21.1. The maximum absolute atomic E-state index is 14.2. The summed E-state index contributed by atoms with van der Waals surface area (Å²) in [6, 6.07) is 9.31. The van der Waals surface area contributed by atoms with Crippen LogP contribution in [0.25, 0.3) is 6.08 Å². The smallest absolute Gasteiger partial charge is 0.270 e. The predicted octanol–water partition coefficient (Wildman–Crippen LogP) is 4.43. The van der Waals surface area contributed by atoms with Crippen molar-refractivity contribution in [3.05, 3.63) is 73.1 Å². The van der Waals surface area contributed by atoms with Crippen molar-refractivity contribution in [2.24, 2.45) is 0 Å². The van der Waals surface area contributed by atoms with E-state index in [0.717, 1.165) is 12.0 Å². The topological polar surface area (TPSA) is 58.6 Å². The summed E-state index contributed by atoms with van der Waals surface area (Å²) in [5.74, 6) is -1.25. The van der Waals surface area contributed by atoms with Crippen LogP contribution in [0.1, 0.15) is 5.56 Å². The fraction of sp³-hybridized carbons (Fsp3) is 0.0500. The van der Waals surface area contributed by atoms with E-state index in [-0.39, 0.29) is 16.4 Å². The van der Waals surface area contributed by atoms with E-state index in [1.165, 1.54) is 24.3 Å². The average molecular weight is 634 g/mol. The molecule has 0 aliphatic carbocycles. The van der Waals surface area contributed by atoms with E-state index in [0.29, 0.717) is 17.9 Å². The number of rotatable bonds is 5. The molecule has 1 saturated heterocycles. The summed E-state index contributed by atoms with van der Waals surface area (Å²) >= 11 is 9.33. The fourth-order valence-electron chi connectivity index (χ4n) is 2.62. The molecule has 148 valence electrons. The Kier molecular flexibility index (Phi) is 7.01. The first kappa shape index (κ1) is 21.8. The monoisotopic (exact) mass is 634 g/mol. The highest BCUT2D eigenvalue weighted by Gasteiger charge is 2.35. The molecule has 0 aromatic heterocycles. The lowest BCUT2D eigenvalue weighted by molar-refractivity contribution is -0.122. The minimum atomic E-state index is -0.694. The van der Waals surface area contributed by atoms with Crippen LogP contribution >= 0.6 is 57.4 Å². The molecule has 0 radical (unpaired) electrons. The van der Waals surface area contributed by atoms with Gasteiger partial charge in [-0.15, -0.1) is 0 Å². The van der Waals surface area contributed by atoms with E-state index < -0.39 is 17.6 Å². The number of carbonyl (C=O) groups is 2. The second-order valence-electron chi connectivity index (χ2n) is 5.82. The highest BCUT2D eigenvalue weighted by atomic mass is 127. The summed E-state index contributed by atoms with van der Waals surface area (Å²) in [4.78, 5) is 26.4. The van der Waals surface area contributed by atoms with Crippen molar-refractivity contribution >= 4 is 86.1 Å². The Bertz CT molecular complexity index is 1050. The molecule has 1 fully saturated rings. The van der Waals surface area contributed by atoms with Gasteiger partial charge >= 0.3 is 0 Å². The van der Waals surface area contributed by atoms with Gasteiger partial charge in [-0.3, -0.25) is 14.9 Å². The molecular weight excluding hydrogens is 621 g/mol. The van der Waals surface area contributed by atoms with E-state index in [9.17, 15) is 14.0 Å². The Labute approximate surface area is 199 Å². The number of ether oxygens (including phenoxy) is 1. The second kappa shape index (κ2) is 9.30. The molecule has 1 N–H and O–H groups in total. The number of nitrogens with one attached hydrogen (secondary N) is 1. The lowest BCUT2D eigenvalue weighted by atomic mass is 10.1. The SMILES string of the molecule is C=CCOc1c(I)cc(/C=C2/C(=O)NC(=S)N(c3ccccc3F)C2=O)cc1I. The molecule has 1 heterocycles. The minimum Gasteiger partial charge on any atom is -0.487 e. The zero-order valence-corrected chi connectivity index (χ0v) is 19.9. The predicted molar refractivity (Wildman–Crippen MR) is 130 cm³/mol. The number of carbonyl (C=O) groups excluding carboxylic acids is 2. The number of hydrogen-bond acceptors (Lipinski definition) is 4. The van der Waals surface area contributed by atoms with E-state index in [2.05, 4.69) is 57.1 Å². The van der Waals surface area contributed by atoms with Crippen molar-refractivity contribution in [3.8, 4) is 5.75 Å². The molecule has 1 aliphatic heterocycles. The van der Waals surface area contributed by atoms with Gasteiger partial charge in [-0.2, -0.15) is 0 Å². The molecule has 0 spiro atoms. The summed E-state index contributed by atoms with van der Waals surface area (Å²) in [5.41, 5.74) is 0.462. The van der Waals surface area contributed by atoms with Gasteiger partial charge in [0.2, 0.25) is 0 Å². The Morgan fingerprint density at radius 3 is 2.48 bits per heavy atom. The normalized spacial score (nSPS) is 15.5. The number of benzene rings is 2. The number of nitrogens with zero attached hydrogens (tertiary/aromatic N) is 1. The quantitative estimate of drug-likeness (QED) is 0.174. The molecule has 1 aliphatic rings. The van der Waals surface area contributed by atoms with Crippen molar-refractivity contribution < 1.29 is 18.7 Å². The van der Waals surface area contributed by atoms with Crippen LogP contribution in [0.3, 0.4) is 0 Å². The fourth-order valence-corrected chi connectivity index (χ4v) is 5.02. The number of amides is 2. The first-order chi connectivity index (χ1) is 13.8. The van der Waals surface area contributed by atoms with Crippen LogP contribution in [-0.2, 0) is 9.59 Å². The van der Waals surface area contributed by atoms with Gasteiger partial charge in [0.25, 0.3) is 11.8 Å². The third-order valence-electron chi connectivity index (χ3n) is 3.87. The lowest BCUT2D eigenvalue weighted by Crippen LogP contribution is -2.54. The largest absolute Gasteiger partial charge is 0.487 e. The zero-order valence-electron chi connectivity index (χ0n) is 14.7. The Morgan fingerprint density at radius 1 is 1.21 bits per heavy atom. The van der Waals surface area contributed by atoms with Crippen LogP contribution < -0.4 is 15.0 Å². The molecular formula is C20H13FI2N2O3S. The Hall–Kier alpha value is -1.86.